The highest BCUT2D eigenvalue weighted by molar-refractivity contribution is 7.98. The number of hydrogen-bond acceptors (Lipinski definition) is 4. The van der Waals surface area contributed by atoms with Crippen molar-refractivity contribution >= 4 is 23.4 Å². The first-order valence-corrected chi connectivity index (χ1v) is 9.63. The van der Waals surface area contributed by atoms with Crippen LogP contribution < -0.4 is 10.2 Å². The lowest BCUT2D eigenvalue weighted by atomic mass is 10.2. The molecule has 5 nitrogen and oxygen atoms in total. The molecular formula is C17H28N4OS. The molecule has 1 aromatic rings. The van der Waals surface area contributed by atoms with Crippen LogP contribution in [0.5, 0.6) is 5.75 Å². The number of anilines is 1. The summed E-state index contributed by atoms with van der Waals surface area (Å²) in [7, 11) is 1.85. The topological polar surface area (TPSA) is 51.1 Å². The highest BCUT2D eigenvalue weighted by Gasteiger charge is 2.20. The summed E-state index contributed by atoms with van der Waals surface area (Å²) in [5.41, 5.74) is 0.923. The second kappa shape index (κ2) is 9.55. The fourth-order valence-electron chi connectivity index (χ4n) is 2.79. The van der Waals surface area contributed by atoms with E-state index in [4.69, 9.17) is 0 Å². The number of unbranched alkanes of at least 4 members (excludes halogenated alkanes) is 1. The van der Waals surface area contributed by atoms with Crippen LogP contribution in [0.3, 0.4) is 0 Å². The van der Waals surface area contributed by atoms with Gasteiger partial charge in [0, 0.05) is 39.8 Å². The molecule has 0 radical (unpaired) electrons. The van der Waals surface area contributed by atoms with E-state index in [1.807, 2.05) is 37.0 Å². The van der Waals surface area contributed by atoms with E-state index in [0.717, 1.165) is 44.4 Å². The van der Waals surface area contributed by atoms with Gasteiger partial charge >= 0.3 is 0 Å². The lowest BCUT2D eigenvalue weighted by Gasteiger charge is -2.37. The van der Waals surface area contributed by atoms with Crippen LogP contribution >= 0.6 is 11.8 Å². The number of aliphatic imine (C=N–C) groups is 1. The number of rotatable bonds is 6. The Balaban J connectivity index is 1.79. The fraction of sp³-hybridized carbons (Fsp3) is 0.588. The maximum absolute atomic E-state index is 9.98. The van der Waals surface area contributed by atoms with Crippen molar-refractivity contribution in [3.05, 3.63) is 24.3 Å². The zero-order chi connectivity index (χ0) is 16.5. The Morgan fingerprint density at radius 3 is 2.61 bits per heavy atom. The number of phenols is 1. The fourth-order valence-corrected chi connectivity index (χ4v) is 3.29. The van der Waals surface area contributed by atoms with E-state index in [9.17, 15) is 5.11 Å². The number of phenolic OH excluding ortho intramolecular Hbond substituents is 1. The first kappa shape index (κ1) is 17.8. The van der Waals surface area contributed by atoms with E-state index in [1.54, 1.807) is 6.07 Å². The Kier molecular flexibility index (Phi) is 7.39. The number of nitrogens with zero attached hydrogens (tertiary/aromatic N) is 3. The van der Waals surface area contributed by atoms with Gasteiger partial charge in [-0.15, -0.1) is 0 Å². The van der Waals surface area contributed by atoms with Crippen LogP contribution in [-0.2, 0) is 0 Å². The first-order valence-electron chi connectivity index (χ1n) is 8.23. The van der Waals surface area contributed by atoms with Crippen molar-refractivity contribution in [2.24, 2.45) is 4.99 Å². The molecule has 23 heavy (non-hydrogen) atoms. The molecule has 0 aliphatic carbocycles. The van der Waals surface area contributed by atoms with Crippen LogP contribution in [0.25, 0.3) is 0 Å². The van der Waals surface area contributed by atoms with Crippen molar-refractivity contribution in [1.29, 1.82) is 0 Å². The van der Waals surface area contributed by atoms with Crippen LogP contribution in [0.2, 0.25) is 0 Å². The minimum absolute atomic E-state index is 0.359. The summed E-state index contributed by atoms with van der Waals surface area (Å²) < 4.78 is 0. The summed E-state index contributed by atoms with van der Waals surface area (Å²) in [6.07, 6.45) is 4.57. The number of hydrogen-bond donors (Lipinski definition) is 2. The van der Waals surface area contributed by atoms with Gasteiger partial charge in [-0.1, -0.05) is 12.1 Å². The van der Waals surface area contributed by atoms with Gasteiger partial charge in [0.15, 0.2) is 5.96 Å². The quantitative estimate of drug-likeness (QED) is 0.474. The molecule has 128 valence electrons. The second-order valence-corrected chi connectivity index (χ2v) is 6.62. The Hall–Kier alpha value is -1.56. The third-order valence-electron chi connectivity index (χ3n) is 4.07. The summed E-state index contributed by atoms with van der Waals surface area (Å²) >= 11 is 1.90. The van der Waals surface area contributed by atoms with Gasteiger partial charge in [0.2, 0.25) is 0 Å². The van der Waals surface area contributed by atoms with Crippen molar-refractivity contribution < 1.29 is 5.11 Å². The van der Waals surface area contributed by atoms with Crippen LogP contribution in [0.15, 0.2) is 29.3 Å². The van der Waals surface area contributed by atoms with Crippen molar-refractivity contribution in [3.8, 4) is 5.75 Å². The molecule has 2 N–H and O–H groups in total. The van der Waals surface area contributed by atoms with Crippen LogP contribution in [-0.4, -0.2) is 67.7 Å². The van der Waals surface area contributed by atoms with E-state index in [-0.39, 0.29) is 0 Å². The molecule has 1 aliphatic heterocycles. The standard InChI is InChI=1S/C17H28N4OS/c1-18-17(19-9-5-6-14-23-2)21-12-10-20(11-13-21)15-7-3-4-8-16(15)22/h3-4,7-8,22H,5-6,9-14H2,1-2H3,(H,18,19). The molecule has 1 aromatic carbocycles. The van der Waals surface area contributed by atoms with E-state index in [0.29, 0.717) is 5.75 Å². The summed E-state index contributed by atoms with van der Waals surface area (Å²) in [6.45, 7) is 4.60. The molecule has 1 saturated heterocycles. The zero-order valence-electron chi connectivity index (χ0n) is 14.2. The van der Waals surface area contributed by atoms with Gasteiger partial charge in [-0.2, -0.15) is 11.8 Å². The van der Waals surface area contributed by atoms with Crippen LogP contribution in [0, 0.1) is 0 Å². The van der Waals surface area contributed by atoms with E-state index in [2.05, 4.69) is 26.4 Å². The van der Waals surface area contributed by atoms with Gasteiger partial charge < -0.3 is 20.2 Å². The normalized spacial score (nSPS) is 15.8. The predicted octanol–water partition coefficient (Wildman–Crippen LogP) is 2.23. The number of nitrogens with one attached hydrogen (secondary N) is 1. The molecule has 0 bridgehead atoms. The van der Waals surface area contributed by atoms with Gasteiger partial charge in [-0.3, -0.25) is 4.99 Å². The molecule has 1 fully saturated rings. The van der Waals surface area contributed by atoms with Crippen molar-refractivity contribution in [3.63, 3.8) is 0 Å². The average molecular weight is 337 g/mol. The lowest BCUT2D eigenvalue weighted by Crippen LogP contribution is -2.52. The van der Waals surface area contributed by atoms with E-state index < -0.39 is 0 Å². The van der Waals surface area contributed by atoms with Crippen LogP contribution in [0.1, 0.15) is 12.8 Å². The maximum atomic E-state index is 9.98. The largest absolute Gasteiger partial charge is 0.506 e. The van der Waals surface area contributed by atoms with Gasteiger partial charge in [0.05, 0.1) is 5.69 Å². The molecule has 2 rings (SSSR count). The van der Waals surface area contributed by atoms with Crippen LogP contribution in [0.4, 0.5) is 5.69 Å². The summed E-state index contributed by atoms with van der Waals surface area (Å²) in [5.74, 6) is 2.57. The Labute approximate surface area is 143 Å². The molecule has 0 amide bonds. The van der Waals surface area contributed by atoms with Crippen molar-refractivity contribution in [2.45, 2.75) is 12.8 Å². The maximum Gasteiger partial charge on any atom is 0.193 e. The van der Waals surface area contributed by atoms with Gasteiger partial charge in [-0.05, 0) is 37.0 Å². The monoisotopic (exact) mass is 336 g/mol. The van der Waals surface area contributed by atoms with E-state index in [1.165, 1.54) is 18.6 Å². The molecule has 1 aliphatic rings. The summed E-state index contributed by atoms with van der Waals surface area (Å²) in [4.78, 5) is 8.93. The molecular weight excluding hydrogens is 308 g/mol. The molecule has 6 heteroatoms. The minimum atomic E-state index is 0.359. The Morgan fingerprint density at radius 2 is 1.96 bits per heavy atom. The third-order valence-corrected chi connectivity index (χ3v) is 4.77. The number of benzene rings is 1. The molecule has 0 unspecified atom stereocenters. The minimum Gasteiger partial charge on any atom is -0.506 e. The van der Waals surface area contributed by atoms with Gasteiger partial charge in [0.1, 0.15) is 5.75 Å². The molecule has 0 aromatic heterocycles. The summed E-state index contributed by atoms with van der Waals surface area (Å²) in [5, 5.41) is 13.4. The van der Waals surface area contributed by atoms with Crippen molar-refractivity contribution in [1.82, 2.24) is 10.2 Å². The third kappa shape index (κ3) is 5.23. The smallest absolute Gasteiger partial charge is 0.193 e. The second-order valence-electron chi connectivity index (χ2n) is 5.64. The highest BCUT2D eigenvalue weighted by atomic mass is 32.2. The zero-order valence-corrected chi connectivity index (χ0v) is 15.0. The van der Waals surface area contributed by atoms with E-state index >= 15 is 0 Å². The average Bonchev–Trinajstić information content (AvgIpc) is 2.59. The summed E-state index contributed by atoms with van der Waals surface area (Å²) in [6, 6.07) is 7.55. The number of thioether (sulfide) groups is 1. The Morgan fingerprint density at radius 1 is 1.22 bits per heavy atom. The molecule has 1 heterocycles. The Bertz CT molecular complexity index is 501. The van der Waals surface area contributed by atoms with Gasteiger partial charge in [0.25, 0.3) is 0 Å². The lowest BCUT2D eigenvalue weighted by molar-refractivity contribution is 0.369. The SMILES string of the molecule is CN=C(NCCCCSC)N1CCN(c2ccccc2O)CC1. The number of guanidine groups is 1. The molecule has 0 spiro atoms. The number of para-hydroxylation sites is 2. The first-order chi connectivity index (χ1) is 11.3. The molecule has 0 saturated carbocycles. The predicted molar refractivity (Wildman–Crippen MR) is 101 cm³/mol. The van der Waals surface area contributed by atoms with Gasteiger partial charge in [-0.25, -0.2) is 0 Å². The highest BCUT2D eigenvalue weighted by Crippen LogP contribution is 2.27. The number of piperazine rings is 1. The van der Waals surface area contributed by atoms with Crippen molar-refractivity contribution in [2.75, 3.05) is 56.7 Å². The number of aromatic hydroxyl groups is 1. The molecule has 0 atom stereocenters.